The van der Waals surface area contributed by atoms with Crippen LogP contribution in [0, 0.1) is 5.41 Å². The number of rotatable bonds is 2. The maximum atomic E-state index is 9.14. The van der Waals surface area contributed by atoms with Gasteiger partial charge in [-0.25, -0.2) is 0 Å². The Balaban J connectivity index is 3.02. The molecule has 1 aliphatic heterocycles. The molecule has 74 valence electrons. The van der Waals surface area contributed by atoms with Gasteiger partial charge < -0.3 is 5.11 Å². The van der Waals surface area contributed by atoms with Crippen LogP contribution < -0.4 is 10.9 Å². The third-order valence-electron chi connectivity index (χ3n) is 1.92. The first kappa shape index (κ1) is 10.7. The fraction of sp³-hybridized carbons (Fsp3) is 0.500. The van der Waals surface area contributed by atoms with E-state index in [0.29, 0.717) is 10.3 Å². The van der Waals surface area contributed by atoms with Gasteiger partial charge in [0.05, 0.1) is 6.61 Å². The maximum Gasteiger partial charge on any atom is 0.124 e. The van der Waals surface area contributed by atoms with Crippen molar-refractivity contribution in [2.24, 2.45) is 5.41 Å². The van der Waals surface area contributed by atoms with Gasteiger partial charge in [0, 0.05) is 5.41 Å². The van der Waals surface area contributed by atoms with Crippen molar-refractivity contribution < 1.29 is 5.11 Å². The summed E-state index contributed by atoms with van der Waals surface area (Å²) in [5.74, 6) is 0. The van der Waals surface area contributed by atoms with Gasteiger partial charge in [-0.1, -0.05) is 37.0 Å². The third-order valence-corrected chi connectivity index (χ3v) is 2.43. The molecule has 5 heteroatoms. The second-order valence-corrected chi connectivity index (χ2v) is 4.30. The van der Waals surface area contributed by atoms with Gasteiger partial charge in [-0.05, 0) is 11.6 Å². The predicted molar refractivity (Wildman–Crippen MR) is 54.0 cm³/mol. The monoisotopic (exact) mass is 222 g/mol. The highest BCUT2D eigenvalue weighted by atomic mass is 35.5. The Hall–Kier alpha value is -0.380. The van der Waals surface area contributed by atoms with Crippen LogP contribution in [0.2, 0.25) is 0 Å². The molecule has 0 atom stereocenters. The minimum Gasteiger partial charge on any atom is -0.395 e. The Kier molecular flexibility index (Phi) is 3.11. The van der Waals surface area contributed by atoms with Crippen molar-refractivity contribution >= 4 is 23.2 Å². The Morgan fingerprint density at radius 3 is 2.54 bits per heavy atom. The first-order valence-electron chi connectivity index (χ1n) is 3.88. The van der Waals surface area contributed by atoms with Crippen molar-refractivity contribution in [3.8, 4) is 0 Å². The molecule has 0 aromatic heterocycles. The molecule has 1 rings (SSSR count). The number of allylic oxidation sites excluding steroid dienone is 1. The largest absolute Gasteiger partial charge is 0.395 e. The van der Waals surface area contributed by atoms with Crippen molar-refractivity contribution in [1.29, 1.82) is 0 Å². The van der Waals surface area contributed by atoms with Crippen molar-refractivity contribution in [2.75, 3.05) is 6.61 Å². The number of hydrogen-bond acceptors (Lipinski definition) is 3. The van der Waals surface area contributed by atoms with E-state index in [-0.39, 0.29) is 6.61 Å². The summed E-state index contributed by atoms with van der Waals surface area (Å²) < 4.78 is 0. The van der Waals surface area contributed by atoms with Gasteiger partial charge >= 0.3 is 0 Å². The lowest BCUT2D eigenvalue weighted by Crippen LogP contribution is -2.34. The fourth-order valence-corrected chi connectivity index (χ4v) is 1.50. The van der Waals surface area contributed by atoms with E-state index in [4.69, 9.17) is 28.3 Å². The molecule has 13 heavy (non-hydrogen) atoms. The van der Waals surface area contributed by atoms with E-state index in [1.807, 2.05) is 13.8 Å². The topological polar surface area (TPSA) is 44.3 Å². The van der Waals surface area contributed by atoms with Crippen molar-refractivity contribution in [1.82, 2.24) is 10.9 Å². The Morgan fingerprint density at radius 2 is 2.00 bits per heavy atom. The van der Waals surface area contributed by atoms with Gasteiger partial charge in [-0.3, -0.25) is 10.9 Å². The standard InChI is InChI=1S/C8H12Cl2N2O/c1-8(2,4-13)5-3-6(9)11-12-7(5)10/h3,11-13H,4H2,1-2H3. The van der Waals surface area contributed by atoms with E-state index < -0.39 is 5.41 Å². The molecule has 0 radical (unpaired) electrons. The summed E-state index contributed by atoms with van der Waals surface area (Å²) in [7, 11) is 0. The Morgan fingerprint density at radius 1 is 1.38 bits per heavy atom. The SMILES string of the molecule is CC(C)(CO)C1=C(Cl)NNC(Cl)=C1. The second kappa shape index (κ2) is 3.78. The third kappa shape index (κ3) is 2.30. The quantitative estimate of drug-likeness (QED) is 0.623. The Bertz CT molecular complexity index is 271. The molecule has 0 aromatic carbocycles. The molecule has 1 heterocycles. The van der Waals surface area contributed by atoms with Crippen LogP contribution in [0.3, 0.4) is 0 Å². The van der Waals surface area contributed by atoms with Gasteiger partial charge in [-0.15, -0.1) is 0 Å². The van der Waals surface area contributed by atoms with Gasteiger partial charge in [0.15, 0.2) is 0 Å². The molecule has 0 amide bonds. The van der Waals surface area contributed by atoms with Crippen LogP contribution in [0.4, 0.5) is 0 Å². The van der Waals surface area contributed by atoms with Crippen molar-refractivity contribution in [3.05, 3.63) is 22.0 Å². The molecule has 1 aliphatic rings. The van der Waals surface area contributed by atoms with E-state index >= 15 is 0 Å². The van der Waals surface area contributed by atoms with E-state index in [1.165, 1.54) is 0 Å². The van der Waals surface area contributed by atoms with Crippen LogP contribution in [0.15, 0.2) is 22.0 Å². The van der Waals surface area contributed by atoms with E-state index in [0.717, 1.165) is 5.57 Å². The van der Waals surface area contributed by atoms with Crippen LogP contribution in [-0.2, 0) is 0 Å². The van der Waals surface area contributed by atoms with Crippen LogP contribution in [0.1, 0.15) is 13.8 Å². The van der Waals surface area contributed by atoms with Crippen LogP contribution in [-0.4, -0.2) is 11.7 Å². The highest BCUT2D eigenvalue weighted by Gasteiger charge is 2.26. The molecule has 3 nitrogen and oxygen atoms in total. The zero-order valence-corrected chi connectivity index (χ0v) is 9.00. The minimum atomic E-state index is -0.397. The summed E-state index contributed by atoms with van der Waals surface area (Å²) in [5.41, 5.74) is 5.76. The molecular weight excluding hydrogens is 211 g/mol. The first-order valence-corrected chi connectivity index (χ1v) is 4.63. The number of halogens is 2. The smallest absolute Gasteiger partial charge is 0.124 e. The average Bonchev–Trinajstić information content (AvgIpc) is 2.09. The molecule has 0 fully saturated rings. The van der Waals surface area contributed by atoms with Gasteiger partial charge in [0.25, 0.3) is 0 Å². The fourth-order valence-electron chi connectivity index (χ4n) is 0.986. The highest BCUT2D eigenvalue weighted by Crippen LogP contribution is 2.32. The zero-order valence-electron chi connectivity index (χ0n) is 7.49. The molecule has 0 aromatic rings. The average molecular weight is 223 g/mol. The molecule has 0 saturated carbocycles. The van der Waals surface area contributed by atoms with Gasteiger partial charge in [0.1, 0.15) is 10.3 Å². The van der Waals surface area contributed by atoms with E-state index in [2.05, 4.69) is 10.9 Å². The number of aliphatic hydroxyl groups is 1. The molecule has 0 unspecified atom stereocenters. The molecule has 0 spiro atoms. The summed E-state index contributed by atoms with van der Waals surface area (Å²) in [4.78, 5) is 0. The summed E-state index contributed by atoms with van der Waals surface area (Å²) in [6.45, 7) is 3.79. The normalized spacial score (nSPS) is 17.8. The van der Waals surface area contributed by atoms with Gasteiger partial charge in [-0.2, -0.15) is 0 Å². The van der Waals surface area contributed by atoms with E-state index in [9.17, 15) is 0 Å². The summed E-state index contributed by atoms with van der Waals surface area (Å²) in [5, 5.41) is 10.1. The lowest BCUT2D eigenvalue weighted by Gasteiger charge is -2.28. The van der Waals surface area contributed by atoms with Crippen molar-refractivity contribution in [3.63, 3.8) is 0 Å². The Labute approximate surface area is 87.4 Å². The number of hydrogen-bond donors (Lipinski definition) is 3. The lowest BCUT2D eigenvalue weighted by molar-refractivity contribution is 0.191. The second-order valence-electron chi connectivity index (χ2n) is 3.51. The summed E-state index contributed by atoms with van der Waals surface area (Å²) in [6, 6.07) is 0. The molecular formula is C8H12Cl2N2O. The summed E-state index contributed by atoms with van der Waals surface area (Å²) >= 11 is 11.7. The zero-order chi connectivity index (χ0) is 10.1. The van der Waals surface area contributed by atoms with Crippen LogP contribution in [0.25, 0.3) is 0 Å². The van der Waals surface area contributed by atoms with Gasteiger partial charge in [0.2, 0.25) is 0 Å². The minimum absolute atomic E-state index is 0.0148. The lowest BCUT2D eigenvalue weighted by atomic mass is 9.85. The van der Waals surface area contributed by atoms with E-state index in [1.54, 1.807) is 6.08 Å². The molecule has 3 N–H and O–H groups in total. The molecule has 0 aliphatic carbocycles. The highest BCUT2D eigenvalue weighted by molar-refractivity contribution is 6.32. The first-order chi connectivity index (χ1) is 5.97. The number of aliphatic hydroxyl groups excluding tert-OH is 1. The summed E-state index contributed by atoms with van der Waals surface area (Å²) in [6.07, 6.45) is 1.70. The predicted octanol–water partition coefficient (Wildman–Crippen LogP) is 1.64. The van der Waals surface area contributed by atoms with Crippen LogP contribution in [0.5, 0.6) is 0 Å². The molecule has 0 saturated heterocycles. The van der Waals surface area contributed by atoms with Crippen LogP contribution >= 0.6 is 23.2 Å². The van der Waals surface area contributed by atoms with Crippen molar-refractivity contribution in [2.45, 2.75) is 13.8 Å². The number of nitrogens with one attached hydrogen (secondary N) is 2. The molecule has 0 bridgehead atoms. The maximum absolute atomic E-state index is 9.14. The number of hydrazine groups is 1.